The standard InChI is InChI=1S/C31H37N9O5/c1-20-8-6-9-21-27(20)28(34-29(32-21)39(30(41)43-2)31(42)44-3)38-13-5-4-10-23(38)22-18-25-33-24(36-11-7-12-36)19-26(40(25)35-22)37-14-16-45-17-15-37/h6,8-9,18-19,23H,4-5,7,10-17H2,1-3H3. The lowest BCUT2D eigenvalue weighted by molar-refractivity contribution is 0.122. The third-order valence-corrected chi connectivity index (χ3v) is 8.86. The molecular weight excluding hydrogens is 578 g/mol. The van der Waals surface area contributed by atoms with E-state index in [0.29, 0.717) is 36.0 Å². The predicted octanol–water partition coefficient (Wildman–Crippen LogP) is 4.10. The van der Waals surface area contributed by atoms with E-state index in [1.807, 2.05) is 29.6 Å². The van der Waals surface area contributed by atoms with Crippen LogP contribution in [0.1, 0.15) is 43.0 Å². The minimum atomic E-state index is -0.935. The van der Waals surface area contributed by atoms with Gasteiger partial charge in [-0.15, -0.1) is 4.90 Å². The maximum atomic E-state index is 12.7. The van der Waals surface area contributed by atoms with E-state index in [2.05, 4.69) is 31.8 Å². The van der Waals surface area contributed by atoms with Crippen molar-refractivity contribution in [2.24, 2.45) is 0 Å². The van der Waals surface area contributed by atoms with Crippen LogP contribution in [0.3, 0.4) is 0 Å². The molecule has 0 bridgehead atoms. The Morgan fingerprint density at radius 3 is 2.40 bits per heavy atom. The highest BCUT2D eigenvalue weighted by molar-refractivity contribution is 6.08. The van der Waals surface area contributed by atoms with Crippen LogP contribution in [0.15, 0.2) is 30.3 Å². The van der Waals surface area contributed by atoms with Crippen LogP contribution in [-0.4, -0.2) is 96.9 Å². The van der Waals surface area contributed by atoms with Crippen molar-refractivity contribution in [3.63, 3.8) is 0 Å². The molecule has 0 spiro atoms. The normalized spacial score (nSPS) is 18.6. The van der Waals surface area contributed by atoms with Gasteiger partial charge in [-0.1, -0.05) is 12.1 Å². The highest BCUT2D eigenvalue weighted by atomic mass is 16.6. The molecule has 14 nitrogen and oxygen atoms in total. The Morgan fingerprint density at radius 1 is 0.911 bits per heavy atom. The number of methoxy groups -OCH3 is 2. The summed E-state index contributed by atoms with van der Waals surface area (Å²) in [6.07, 6.45) is 2.11. The summed E-state index contributed by atoms with van der Waals surface area (Å²) in [5.41, 5.74) is 3.26. The number of morpholine rings is 1. The van der Waals surface area contributed by atoms with Gasteiger partial charge in [-0.2, -0.15) is 14.6 Å². The number of anilines is 4. The van der Waals surface area contributed by atoms with Crippen LogP contribution in [0.4, 0.5) is 33.0 Å². The Labute approximate surface area is 260 Å². The number of fused-ring (bicyclic) bond motifs is 2. The number of amides is 2. The van der Waals surface area contributed by atoms with Crippen LogP contribution < -0.4 is 19.6 Å². The zero-order chi connectivity index (χ0) is 31.1. The second-order valence-corrected chi connectivity index (χ2v) is 11.5. The van der Waals surface area contributed by atoms with E-state index in [1.165, 1.54) is 20.6 Å². The molecule has 0 saturated carbocycles. The number of hydrogen-bond donors (Lipinski definition) is 0. The molecular formula is C31H37N9O5. The van der Waals surface area contributed by atoms with Gasteiger partial charge in [0.05, 0.1) is 44.7 Å². The Balaban J connectivity index is 1.36. The molecule has 1 unspecified atom stereocenters. The predicted molar refractivity (Wildman–Crippen MR) is 168 cm³/mol. The Morgan fingerprint density at radius 2 is 1.69 bits per heavy atom. The lowest BCUT2D eigenvalue weighted by Gasteiger charge is -2.36. The smallest absolute Gasteiger partial charge is 0.426 e. The third kappa shape index (κ3) is 5.22. The van der Waals surface area contributed by atoms with Crippen molar-refractivity contribution in [2.45, 2.75) is 38.6 Å². The SMILES string of the molecule is COC(=O)N(C(=O)OC)c1nc(N2CCCCC2c2cc3nc(N4CCC4)cc(N4CCOCC4)n3n2)c2c(C)cccc2n1. The van der Waals surface area contributed by atoms with E-state index in [1.54, 1.807) is 0 Å². The summed E-state index contributed by atoms with van der Waals surface area (Å²) in [4.78, 5) is 47.5. The van der Waals surface area contributed by atoms with Gasteiger partial charge >= 0.3 is 12.2 Å². The second-order valence-electron chi connectivity index (χ2n) is 11.5. The summed E-state index contributed by atoms with van der Waals surface area (Å²) >= 11 is 0. The first-order valence-corrected chi connectivity index (χ1v) is 15.4. The first-order chi connectivity index (χ1) is 22.0. The topological polar surface area (TPSA) is 131 Å². The molecule has 0 N–H and O–H groups in total. The maximum absolute atomic E-state index is 12.7. The molecule has 3 fully saturated rings. The van der Waals surface area contributed by atoms with E-state index in [9.17, 15) is 9.59 Å². The summed E-state index contributed by atoms with van der Waals surface area (Å²) < 4.78 is 17.4. The van der Waals surface area contributed by atoms with Gasteiger partial charge in [0, 0.05) is 50.2 Å². The fraction of sp³-hybridized carbons (Fsp3) is 0.484. The van der Waals surface area contributed by atoms with E-state index < -0.39 is 12.2 Å². The number of benzene rings is 1. The fourth-order valence-electron chi connectivity index (χ4n) is 6.39. The van der Waals surface area contributed by atoms with E-state index in [4.69, 9.17) is 29.3 Å². The summed E-state index contributed by atoms with van der Waals surface area (Å²) in [5.74, 6) is 2.48. The van der Waals surface area contributed by atoms with Crippen molar-refractivity contribution in [1.29, 1.82) is 0 Å². The summed E-state index contributed by atoms with van der Waals surface area (Å²) in [6.45, 7) is 7.63. The molecule has 4 aromatic rings. The van der Waals surface area contributed by atoms with Gasteiger partial charge < -0.3 is 28.9 Å². The summed E-state index contributed by atoms with van der Waals surface area (Å²) in [5, 5.41) is 6.03. The van der Waals surface area contributed by atoms with Gasteiger partial charge in [-0.25, -0.2) is 19.6 Å². The molecule has 45 heavy (non-hydrogen) atoms. The first-order valence-electron chi connectivity index (χ1n) is 15.4. The number of piperidine rings is 1. The van der Waals surface area contributed by atoms with Crippen LogP contribution >= 0.6 is 0 Å². The third-order valence-electron chi connectivity index (χ3n) is 8.86. The number of aryl methyl sites for hydroxylation is 1. The highest BCUT2D eigenvalue weighted by Gasteiger charge is 2.34. The number of carbonyl (C=O) groups is 2. The number of aromatic nitrogens is 5. The van der Waals surface area contributed by atoms with Crippen molar-refractivity contribution in [1.82, 2.24) is 24.6 Å². The lowest BCUT2D eigenvalue weighted by Crippen LogP contribution is -2.40. The minimum Gasteiger partial charge on any atom is -0.452 e. The lowest BCUT2D eigenvalue weighted by atomic mass is 9.98. The molecule has 0 aliphatic carbocycles. The average Bonchev–Trinajstić information content (AvgIpc) is 3.48. The molecule has 7 rings (SSSR count). The molecule has 3 aromatic heterocycles. The van der Waals surface area contributed by atoms with Gasteiger partial charge in [0.2, 0.25) is 5.95 Å². The summed E-state index contributed by atoms with van der Waals surface area (Å²) in [6, 6.07) is 9.86. The Bertz CT molecular complexity index is 1730. The first kappa shape index (κ1) is 29.0. The molecule has 6 heterocycles. The van der Waals surface area contributed by atoms with Gasteiger partial charge in [-0.3, -0.25) is 0 Å². The molecule has 0 radical (unpaired) electrons. The quantitative estimate of drug-likeness (QED) is 0.320. The number of rotatable bonds is 5. The molecule has 1 atom stereocenters. The van der Waals surface area contributed by atoms with Crippen molar-refractivity contribution < 1.29 is 23.8 Å². The molecule has 14 heteroatoms. The van der Waals surface area contributed by atoms with Gasteiger partial charge in [0.15, 0.2) is 5.65 Å². The molecule has 236 valence electrons. The molecule has 3 saturated heterocycles. The molecule has 3 aliphatic heterocycles. The zero-order valence-corrected chi connectivity index (χ0v) is 25.8. The van der Waals surface area contributed by atoms with E-state index in [-0.39, 0.29) is 12.0 Å². The van der Waals surface area contributed by atoms with E-state index >= 15 is 0 Å². The van der Waals surface area contributed by atoms with Crippen molar-refractivity contribution in [3.8, 4) is 0 Å². The highest BCUT2D eigenvalue weighted by Crippen LogP contribution is 2.39. The Hall–Kier alpha value is -4.72. The monoisotopic (exact) mass is 615 g/mol. The van der Waals surface area contributed by atoms with Crippen molar-refractivity contribution >= 4 is 52.1 Å². The molecule has 3 aliphatic rings. The van der Waals surface area contributed by atoms with Crippen molar-refractivity contribution in [2.75, 3.05) is 79.8 Å². The van der Waals surface area contributed by atoms with Gasteiger partial charge in [0.25, 0.3) is 0 Å². The zero-order valence-electron chi connectivity index (χ0n) is 25.8. The maximum Gasteiger partial charge on any atom is 0.426 e. The van der Waals surface area contributed by atoms with Crippen LogP contribution in [-0.2, 0) is 14.2 Å². The largest absolute Gasteiger partial charge is 0.452 e. The number of ether oxygens (including phenoxy) is 3. The number of nitrogens with zero attached hydrogens (tertiary/aromatic N) is 9. The summed E-state index contributed by atoms with van der Waals surface area (Å²) in [7, 11) is 2.39. The fourth-order valence-corrected chi connectivity index (χ4v) is 6.39. The number of carbonyl (C=O) groups excluding carboxylic acids is 2. The van der Waals surface area contributed by atoms with Crippen LogP contribution in [0.2, 0.25) is 0 Å². The van der Waals surface area contributed by atoms with Crippen LogP contribution in [0.25, 0.3) is 16.6 Å². The number of hydrogen-bond acceptors (Lipinski definition) is 12. The number of imide groups is 1. The van der Waals surface area contributed by atoms with Crippen LogP contribution in [0.5, 0.6) is 0 Å². The second kappa shape index (κ2) is 12.0. The van der Waals surface area contributed by atoms with Crippen LogP contribution in [0, 0.1) is 6.92 Å². The molecule has 1 aromatic carbocycles. The Kier molecular flexibility index (Phi) is 7.73. The van der Waals surface area contributed by atoms with Crippen molar-refractivity contribution in [3.05, 3.63) is 41.6 Å². The van der Waals surface area contributed by atoms with Gasteiger partial charge in [0.1, 0.15) is 17.5 Å². The van der Waals surface area contributed by atoms with Gasteiger partial charge in [-0.05, 0) is 44.2 Å². The van der Waals surface area contributed by atoms with E-state index in [0.717, 1.165) is 79.4 Å². The minimum absolute atomic E-state index is 0.114. The average molecular weight is 616 g/mol. The molecule has 2 amide bonds.